The summed E-state index contributed by atoms with van der Waals surface area (Å²) >= 11 is 0. The lowest BCUT2D eigenvalue weighted by atomic mass is 10.2. The first-order chi connectivity index (χ1) is 13.1. The number of fused-ring (bicyclic) bond motifs is 1. The van der Waals surface area contributed by atoms with Crippen LogP contribution in [0.3, 0.4) is 0 Å². The van der Waals surface area contributed by atoms with E-state index in [1.54, 1.807) is 30.3 Å². The summed E-state index contributed by atoms with van der Waals surface area (Å²) in [6, 6.07) is 14.4. The summed E-state index contributed by atoms with van der Waals surface area (Å²) in [5, 5.41) is 2.77. The second-order valence-electron chi connectivity index (χ2n) is 6.27. The quantitative estimate of drug-likeness (QED) is 0.722. The van der Waals surface area contributed by atoms with E-state index in [1.807, 2.05) is 18.2 Å². The van der Waals surface area contributed by atoms with Gasteiger partial charge >= 0.3 is 0 Å². The molecular formula is C20H16N4O3. The molecule has 3 amide bonds. The van der Waals surface area contributed by atoms with Crippen LogP contribution in [-0.2, 0) is 16.1 Å². The Morgan fingerprint density at radius 3 is 2.33 bits per heavy atom. The summed E-state index contributed by atoms with van der Waals surface area (Å²) in [6.45, 7) is 0.252. The number of anilines is 1. The SMILES string of the molecule is O=C(Nc1ccc(CN2C(=O)CCC2=O)cc1)c1cnc2ccccc2n1. The number of benzene rings is 2. The van der Waals surface area contributed by atoms with Gasteiger partial charge in [0.25, 0.3) is 5.91 Å². The smallest absolute Gasteiger partial charge is 0.275 e. The fourth-order valence-electron chi connectivity index (χ4n) is 2.94. The lowest BCUT2D eigenvalue weighted by Gasteiger charge is -2.14. The fraction of sp³-hybridized carbons (Fsp3) is 0.150. The van der Waals surface area contributed by atoms with Crippen LogP contribution in [0.25, 0.3) is 11.0 Å². The molecule has 7 heteroatoms. The Morgan fingerprint density at radius 2 is 1.63 bits per heavy atom. The van der Waals surface area contributed by atoms with E-state index in [1.165, 1.54) is 11.1 Å². The van der Waals surface area contributed by atoms with Crippen LogP contribution in [0.15, 0.2) is 54.7 Å². The maximum absolute atomic E-state index is 12.4. The monoisotopic (exact) mass is 360 g/mol. The molecule has 1 N–H and O–H groups in total. The molecule has 4 rings (SSSR count). The number of imide groups is 1. The molecule has 0 radical (unpaired) electrons. The molecule has 1 aliphatic heterocycles. The Balaban J connectivity index is 1.45. The maximum atomic E-state index is 12.4. The van der Waals surface area contributed by atoms with Gasteiger partial charge < -0.3 is 5.32 Å². The molecule has 1 saturated heterocycles. The minimum atomic E-state index is -0.356. The van der Waals surface area contributed by atoms with E-state index in [0.717, 1.165) is 11.1 Å². The van der Waals surface area contributed by atoms with Crippen molar-refractivity contribution in [2.24, 2.45) is 0 Å². The number of nitrogens with one attached hydrogen (secondary N) is 1. The van der Waals surface area contributed by atoms with E-state index in [0.29, 0.717) is 11.2 Å². The number of carbonyl (C=O) groups excluding carboxylic acids is 3. The average Bonchev–Trinajstić information content (AvgIpc) is 3.01. The summed E-state index contributed by atoms with van der Waals surface area (Å²) in [7, 11) is 0. The van der Waals surface area contributed by atoms with Gasteiger partial charge in [-0.25, -0.2) is 4.98 Å². The molecule has 0 atom stereocenters. The van der Waals surface area contributed by atoms with Gasteiger partial charge in [0.1, 0.15) is 5.69 Å². The third-order valence-corrected chi connectivity index (χ3v) is 4.39. The first-order valence-corrected chi connectivity index (χ1v) is 8.55. The minimum absolute atomic E-state index is 0.146. The molecule has 0 saturated carbocycles. The Kier molecular flexibility index (Phi) is 4.33. The first-order valence-electron chi connectivity index (χ1n) is 8.55. The second-order valence-corrected chi connectivity index (χ2v) is 6.27. The number of likely N-dealkylation sites (tertiary alicyclic amines) is 1. The molecule has 1 aliphatic rings. The number of amides is 3. The van der Waals surface area contributed by atoms with Gasteiger partial charge in [-0.3, -0.25) is 24.3 Å². The van der Waals surface area contributed by atoms with Crippen molar-refractivity contribution in [3.63, 3.8) is 0 Å². The molecular weight excluding hydrogens is 344 g/mol. The van der Waals surface area contributed by atoms with Crippen molar-refractivity contribution >= 4 is 34.4 Å². The molecule has 3 aromatic rings. The second kappa shape index (κ2) is 6.95. The Labute approximate surface area is 155 Å². The molecule has 0 unspecified atom stereocenters. The zero-order valence-corrected chi connectivity index (χ0v) is 14.4. The summed E-state index contributed by atoms with van der Waals surface area (Å²) < 4.78 is 0. The lowest BCUT2D eigenvalue weighted by molar-refractivity contribution is -0.139. The van der Waals surface area contributed by atoms with Gasteiger partial charge in [0.15, 0.2) is 0 Å². The highest BCUT2D eigenvalue weighted by atomic mass is 16.2. The van der Waals surface area contributed by atoms with Crippen LogP contribution in [0.1, 0.15) is 28.9 Å². The van der Waals surface area contributed by atoms with E-state index < -0.39 is 0 Å². The number of rotatable bonds is 4. The van der Waals surface area contributed by atoms with E-state index >= 15 is 0 Å². The van der Waals surface area contributed by atoms with Crippen LogP contribution in [0, 0.1) is 0 Å². The molecule has 1 aromatic heterocycles. The summed E-state index contributed by atoms with van der Waals surface area (Å²) in [6.07, 6.45) is 2.00. The van der Waals surface area contributed by atoms with Crippen molar-refractivity contribution in [2.75, 3.05) is 5.32 Å². The summed E-state index contributed by atoms with van der Waals surface area (Å²) in [5.74, 6) is -0.648. The topological polar surface area (TPSA) is 92.3 Å². The van der Waals surface area contributed by atoms with Crippen LogP contribution in [-0.4, -0.2) is 32.6 Å². The number of carbonyl (C=O) groups is 3. The maximum Gasteiger partial charge on any atom is 0.275 e. The normalized spacial score (nSPS) is 14.0. The Morgan fingerprint density at radius 1 is 0.963 bits per heavy atom. The van der Waals surface area contributed by atoms with E-state index in [-0.39, 0.29) is 42.8 Å². The largest absolute Gasteiger partial charge is 0.321 e. The molecule has 0 bridgehead atoms. The highest BCUT2D eigenvalue weighted by molar-refractivity contribution is 6.03. The lowest BCUT2D eigenvalue weighted by Crippen LogP contribution is -2.28. The van der Waals surface area contributed by atoms with Crippen molar-refractivity contribution in [3.8, 4) is 0 Å². The van der Waals surface area contributed by atoms with E-state index in [4.69, 9.17) is 0 Å². The predicted octanol–water partition coefficient (Wildman–Crippen LogP) is 2.53. The third-order valence-electron chi connectivity index (χ3n) is 4.39. The number of hydrogen-bond acceptors (Lipinski definition) is 5. The van der Waals surface area contributed by atoms with Crippen molar-refractivity contribution in [2.45, 2.75) is 19.4 Å². The van der Waals surface area contributed by atoms with Crippen LogP contribution in [0.2, 0.25) is 0 Å². The highest BCUT2D eigenvalue weighted by Gasteiger charge is 2.28. The fourth-order valence-corrected chi connectivity index (χ4v) is 2.94. The molecule has 134 valence electrons. The molecule has 2 aromatic carbocycles. The zero-order valence-electron chi connectivity index (χ0n) is 14.4. The van der Waals surface area contributed by atoms with Crippen LogP contribution < -0.4 is 5.32 Å². The summed E-state index contributed by atoms with van der Waals surface area (Å²) in [4.78, 5) is 45.6. The van der Waals surface area contributed by atoms with Crippen molar-refractivity contribution in [1.82, 2.24) is 14.9 Å². The number of aromatic nitrogens is 2. The first kappa shape index (κ1) is 16.8. The highest BCUT2D eigenvalue weighted by Crippen LogP contribution is 2.18. The van der Waals surface area contributed by atoms with Gasteiger partial charge in [-0.1, -0.05) is 24.3 Å². The number of para-hydroxylation sites is 2. The molecule has 27 heavy (non-hydrogen) atoms. The predicted molar refractivity (Wildman–Crippen MR) is 98.7 cm³/mol. The van der Waals surface area contributed by atoms with Crippen LogP contribution in [0.4, 0.5) is 5.69 Å². The van der Waals surface area contributed by atoms with Gasteiger partial charge in [-0.05, 0) is 29.8 Å². The molecule has 0 aliphatic carbocycles. The van der Waals surface area contributed by atoms with Gasteiger partial charge in [0.2, 0.25) is 11.8 Å². The molecule has 1 fully saturated rings. The summed E-state index contributed by atoms with van der Waals surface area (Å²) in [5.41, 5.74) is 3.02. The van der Waals surface area contributed by atoms with Crippen LogP contribution in [0.5, 0.6) is 0 Å². The molecule has 2 heterocycles. The van der Waals surface area contributed by atoms with Gasteiger partial charge in [0.05, 0.1) is 23.8 Å². The van der Waals surface area contributed by atoms with Crippen molar-refractivity contribution < 1.29 is 14.4 Å². The van der Waals surface area contributed by atoms with Crippen molar-refractivity contribution in [1.29, 1.82) is 0 Å². The average molecular weight is 360 g/mol. The third kappa shape index (κ3) is 3.52. The zero-order chi connectivity index (χ0) is 18.8. The Bertz CT molecular complexity index is 1030. The minimum Gasteiger partial charge on any atom is -0.321 e. The van der Waals surface area contributed by atoms with Crippen molar-refractivity contribution in [3.05, 3.63) is 66.0 Å². The van der Waals surface area contributed by atoms with E-state index in [9.17, 15) is 14.4 Å². The Hall–Kier alpha value is -3.61. The van der Waals surface area contributed by atoms with Gasteiger partial charge in [-0.15, -0.1) is 0 Å². The standard InChI is InChI=1S/C20H16N4O3/c25-18-9-10-19(26)24(18)12-13-5-7-14(8-6-13)22-20(27)17-11-21-15-3-1-2-4-16(15)23-17/h1-8,11H,9-10,12H2,(H,22,27). The number of nitrogens with zero attached hydrogens (tertiary/aromatic N) is 3. The number of hydrogen-bond donors (Lipinski definition) is 1. The van der Waals surface area contributed by atoms with E-state index in [2.05, 4.69) is 15.3 Å². The van der Waals surface area contributed by atoms with Gasteiger partial charge in [-0.2, -0.15) is 0 Å². The molecule has 7 nitrogen and oxygen atoms in total. The van der Waals surface area contributed by atoms with Crippen LogP contribution >= 0.6 is 0 Å². The molecule has 0 spiro atoms. The van der Waals surface area contributed by atoms with Gasteiger partial charge in [0, 0.05) is 18.5 Å².